The first-order chi connectivity index (χ1) is 12.5. The molecule has 3 N–H and O–H groups in total. The summed E-state index contributed by atoms with van der Waals surface area (Å²) < 4.78 is 0. The Kier molecular flexibility index (Phi) is 6.73. The molecular formula is C19H22N4O3. The van der Waals surface area contributed by atoms with Crippen LogP contribution in [0.4, 0.5) is 10.5 Å². The maximum Gasteiger partial charge on any atom is 0.321 e. The molecule has 0 aliphatic rings. The lowest BCUT2D eigenvalue weighted by atomic mass is 10.2. The third-order valence-corrected chi connectivity index (χ3v) is 3.52. The van der Waals surface area contributed by atoms with E-state index in [1.54, 1.807) is 38.4 Å². The number of hydrogen-bond acceptors (Lipinski definition) is 4. The summed E-state index contributed by atoms with van der Waals surface area (Å²) in [6, 6.07) is 15.7. The normalized spacial score (nSPS) is 9.92. The molecule has 4 amide bonds. The van der Waals surface area contributed by atoms with E-state index >= 15 is 0 Å². The second kappa shape index (κ2) is 9.22. The lowest BCUT2D eigenvalue weighted by Gasteiger charge is -2.12. The van der Waals surface area contributed by atoms with Crippen LogP contribution in [-0.2, 0) is 11.3 Å². The van der Waals surface area contributed by atoms with Crippen molar-refractivity contribution in [2.45, 2.75) is 6.54 Å². The Morgan fingerprint density at radius 2 is 1.69 bits per heavy atom. The summed E-state index contributed by atoms with van der Waals surface area (Å²) in [5, 5.41) is 7.76. The first kappa shape index (κ1) is 19.0. The second-order valence-corrected chi connectivity index (χ2v) is 5.85. The first-order valence-electron chi connectivity index (χ1n) is 8.13. The Bertz CT molecular complexity index is 775. The molecule has 0 unspecified atom stereocenters. The number of benzene rings is 2. The Morgan fingerprint density at radius 1 is 0.962 bits per heavy atom. The number of carbonyl (C=O) groups excluding carboxylic acids is 3. The zero-order valence-corrected chi connectivity index (χ0v) is 14.8. The smallest absolute Gasteiger partial charge is 0.321 e. The van der Waals surface area contributed by atoms with E-state index in [2.05, 4.69) is 16.0 Å². The lowest BCUT2D eigenvalue weighted by Crippen LogP contribution is -2.41. The fourth-order valence-electron chi connectivity index (χ4n) is 2.20. The van der Waals surface area contributed by atoms with Crippen molar-refractivity contribution >= 4 is 23.5 Å². The molecule has 7 heteroatoms. The molecule has 0 aliphatic carbocycles. The van der Waals surface area contributed by atoms with Crippen molar-refractivity contribution < 1.29 is 14.4 Å². The molecule has 26 heavy (non-hydrogen) atoms. The highest BCUT2D eigenvalue weighted by molar-refractivity contribution is 5.97. The van der Waals surface area contributed by atoms with Gasteiger partial charge in [0.25, 0.3) is 5.91 Å². The maximum atomic E-state index is 11.9. The van der Waals surface area contributed by atoms with Crippen LogP contribution in [0.5, 0.6) is 0 Å². The summed E-state index contributed by atoms with van der Waals surface area (Å²) in [4.78, 5) is 37.0. The number of amides is 4. The molecule has 0 saturated heterocycles. The van der Waals surface area contributed by atoms with Gasteiger partial charge in [-0.3, -0.25) is 14.9 Å². The van der Waals surface area contributed by atoms with Crippen molar-refractivity contribution in [2.75, 3.05) is 26.0 Å². The molecule has 2 aromatic carbocycles. The van der Waals surface area contributed by atoms with Crippen molar-refractivity contribution in [3.05, 3.63) is 65.7 Å². The molecule has 0 saturated carbocycles. The minimum absolute atomic E-state index is 0.0850. The Labute approximate surface area is 152 Å². The molecule has 0 atom stereocenters. The molecule has 7 nitrogen and oxygen atoms in total. The highest BCUT2D eigenvalue weighted by Gasteiger charge is 2.10. The van der Waals surface area contributed by atoms with Gasteiger partial charge >= 0.3 is 6.03 Å². The van der Waals surface area contributed by atoms with Crippen LogP contribution in [0.15, 0.2) is 54.6 Å². The maximum absolute atomic E-state index is 11.9. The standard InChI is InChI=1S/C19H22N4O3/c1-23(2)18(25)15-9-6-10-16(11-15)20-13-17(24)22-19(26)21-12-14-7-4-3-5-8-14/h3-11,20H,12-13H2,1-2H3,(H2,21,22,24,26). The van der Waals surface area contributed by atoms with E-state index < -0.39 is 11.9 Å². The molecule has 0 heterocycles. The largest absolute Gasteiger partial charge is 0.376 e. The zero-order chi connectivity index (χ0) is 18.9. The minimum atomic E-state index is -0.558. The van der Waals surface area contributed by atoms with E-state index in [9.17, 15) is 14.4 Å². The Hall–Kier alpha value is -3.35. The van der Waals surface area contributed by atoms with Gasteiger partial charge in [0.1, 0.15) is 0 Å². The molecule has 0 bridgehead atoms. The average molecular weight is 354 g/mol. The topological polar surface area (TPSA) is 90.5 Å². The molecule has 0 spiro atoms. The number of urea groups is 1. The zero-order valence-electron chi connectivity index (χ0n) is 14.8. The summed E-state index contributed by atoms with van der Waals surface area (Å²) in [7, 11) is 3.34. The molecule has 2 aromatic rings. The average Bonchev–Trinajstić information content (AvgIpc) is 2.65. The van der Waals surface area contributed by atoms with Gasteiger partial charge in [-0.15, -0.1) is 0 Å². The monoisotopic (exact) mass is 354 g/mol. The number of carbonyl (C=O) groups is 3. The number of imide groups is 1. The predicted octanol–water partition coefficient (Wildman–Crippen LogP) is 1.83. The van der Waals surface area contributed by atoms with Gasteiger partial charge in [-0.2, -0.15) is 0 Å². The van der Waals surface area contributed by atoms with Crippen molar-refractivity contribution in [3.8, 4) is 0 Å². The van der Waals surface area contributed by atoms with Gasteiger partial charge in [0.15, 0.2) is 0 Å². The summed E-state index contributed by atoms with van der Waals surface area (Å²) in [5.74, 6) is -0.599. The number of anilines is 1. The van der Waals surface area contributed by atoms with Crippen molar-refractivity contribution in [1.29, 1.82) is 0 Å². The van der Waals surface area contributed by atoms with E-state index in [4.69, 9.17) is 0 Å². The SMILES string of the molecule is CN(C)C(=O)c1cccc(NCC(=O)NC(=O)NCc2ccccc2)c1. The third kappa shape index (κ3) is 5.94. The summed E-state index contributed by atoms with van der Waals surface area (Å²) in [6.45, 7) is 0.250. The minimum Gasteiger partial charge on any atom is -0.376 e. The van der Waals surface area contributed by atoms with Crippen LogP contribution in [0.1, 0.15) is 15.9 Å². The van der Waals surface area contributed by atoms with Crippen LogP contribution >= 0.6 is 0 Å². The Morgan fingerprint density at radius 3 is 2.38 bits per heavy atom. The Balaban J connectivity index is 1.78. The molecule has 0 fully saturated rings. The van der Waals surface area contributed by atoms with Gasteiger partial charge < -0.3 is 15.5 Å². The summed E-state index contributed by atoms with van der Waals surface area (Å²) in [5.41, 5.74) is 2.08. The molecule has 136 valence electrons. The van der Waals surface area contributed by atoms with Gasteiger partial charge in [-0.1, -0.05) is 36.4 Å². The fraction of sp³-hybridized carbons (Fsp3) is 0.211. The van der Waals surface area contributed by atoms with Crippen LogP contribution in [0, 0.1) is 0 Å². The summed E-state index contributed by atoms with van der Waals surface area (Å²) >= 11 is 0. The van der Waals surface area contributed by atoms with Crippen molar-refractivity contribution in [3.63, 3.8) is 0 Å². The van der Waals surface area contributed by atoms with Gasteiger partial charge in [0.05, 0.1) is 6.54 Å². The van der Waals surface area contributed by atoms with Crippen LogP contribution in [-0.4, -0.2) is 43.4 Å². The molecule has 0 aliphatic heterocycles. The number of nitrogens with zero attached hydrogens (tertiary/aromatic N) is 1. The molecule has 0 radical (unpaired) electrons. The van der Waals surface area contributed by atoms with Crippen LogP contribution in [0.3, 0.4) is 0 Å². The van der Waals surface area contributed by atoms with Gasteiger partial charge in [-0.25, -0.2) is 4.79 Å². The molecular weight excluding hydrogens is 332 g/mol. The highest BCUT2D eigenvalue weighted by atomic mass is 16.2. The van der Waals surface area contributed by atoms with Gasteiger partial charge in [-0.05, 0) is 23.8 Å². The second-order valence-electron chi connectivity index (χ2n) is 5.85. The van der Waals surface area contributed by atoms with Crippen LogP contribution in [0.2, 0.25) is 0 Å². The lowest BCUT2D eigenvalue weighted by molar-refractivity contribution is -0.118. The van der Waals surface area contributed by atoms with E-state index in [0.717, 1.165) is 5.56 Å². The quantitative estimate of drug-likeness (QED) is 0.738. The van der Waals surface area contributed by atoms with E-state index in [1.165, 1.54) is 4.90 Å². The van der Waals surface area contributed by atoms with Crippen LogP contribution in [0.25, 0.3) is 0 Å². The van der Waals surface area contributed by atoms with E-state index in [1.807, 2.05) is 30.3 Å². The number of rotatable bonds is 6. The van der Waals surface area contributed by atoms with E-state index in [0.29, 0.717) is 17.8 Å². The predicted molar refractivity (Wildman–Crippen MR) is 99.8 cm³/mol. The van der Waals surface area contributed by atoms with Gasteiger partial charge in [0.2, 0.25) is 5.91 Å². The van der Waals surface area contributed by atoms with Gasteiger partial charge in [0, 0.05) is 31.9 Å². The molecule has 0 aromatic heterocycles. The van der Waals surface area contributed by atoms with Crippen molar-refractivity contribution in [2.24, 2.45) is 0 Å². The number of nitrogens with one attached hydrogen (secondary N) is 3. The first-order valence-corrected chi connectivity index (χ1v) is 8.13. The third-order valence-electron chi connectivity index (χ3n) is 3.52. The van der Waals surface area contributed by atoms with Crippen molar-refractivity contribution in [1.82, 2.24) is 15.5 Å². The highest BCUT2D eigenvalue weighted by Crippen LogP contribution is 2.11. The fourth-order valence-corrected chi connectivity index (χ4v) is 2.20. The summed E-state index contributed by atoms with van der Waals surface area (Å²) in [6.07, 6.45) is 0. The van der Waals surface area contributed by atoms with Crippen LogP contribution < -0.4 is 16.0 Å². The number of hydrogen-bond donors (Lipinski definition) is 3. The van der Waals surface area contributed by atoms with E-state index in [-0.39, 0.29) is 12.5 Å². The molecule has 2 rings (SSSR count).